The maximum absolute atomic E-state index is 8.56. The number of allylic oxidation sites excluding steroid dienone is 1. The van der Waals surface area contributed by atoms with E-state index in [1.54, 1.807) is 30.1 Å². The summed E-state index contributed by atoms with van der Waals surface area (Å²) in [5.41, 5.74) is 0.960. The minimum atomic E-state index is 0.0251. The highest BCUT2D eigenvalue weighted by molar-refractivity contribution is 5.98. The van der Waals surface area contributed by atoms with Crippen molar-refractivity contribution < 1.29 is 0 Å². The van der Waals surface area contributed by atoms with Crippen molar-refractivity contribution in [2.24, 2.45) is 0 Å². The van der Waals surface area contributed by atoms with Gasteiger partial charge in [-0.25, -0.2) is 5.87 Å². The summed E-state index contributed by atoms with van der Waals surface area (Å²) >= 11 is 0. The number of rotatable bonds is 1. The number of nitriles is 2. The van der Waals surface area contributed by atoms with E-state index in [0.717, 1.165) is 0 Å². The lowest BCUT2D eigenvalue weighted by Crippen LogP contribution is -1.83. The highest BCUT2D eigenvalue weighted by Gasteiger charge is 1.98. The molecule has 0 aromatic heterocycles. The molecule has 3 nitrogen and oxygen atoms in total. The van der Waals surface area contributed by atoms with E-state index in [1.165, 1.54) is 6.07 Å². The van der Waals surface area contributed by atoms with Crippen molar-refractivity contribution in [1.82, 2.24) is 0 Å². The van der Waals surface area contributed by atoms with Crippen LogP contribution in [-0.2, 0) is 0 Å². The first-order chi connectivity index (χ1) is 6.31. The van der Waals surface area contributed by atoms with Crippen molar-refractivity contribution in [3.8, 4) is 12.1 Å². The normalized spacial score (nSPS) is 7.85. The van der Waals surface area contributed by atoms with Gasteiger partial charge in [0.1, 0.15) is 6.07 Å². The highest BCUT2D eigenvalue weighted by Crippen LogP contribution is 2.11. The molecule has 0 atom stereocenters. The highest BCUT2D eigenvalue weighted by atomic mass is 14.3. The van der Waals surface area contributed by atoms with Crippen LogP contribution in [0.1, 0.15) is 11.1 Å². The van der Waals surface area contributed by atoms with Gasteiger partial charge >= 0.3 is 0 Å². The maximum Gasteiger partial charge on any atom is 0.106 e. The Morgan fingerprint density at radius 3 is 2.62 bits per heavy atom. The van der Waals surface area contributed by atoms with E-state index in [-0.39, 0.29) is 5.57 Å². The van der Waals surface area contributed by atoms with Crippen LogP contribution >= 0.6 is 0 Å². The molecule has 1 rings (SSSR count). The third-order valence-corrected chi connectivity index (χ3v) is 1.50. The van der Waals surface area contributed by atoms with Crippen LogP contribution in [0.3, 0.4) is 0 Å². The Bertz CT molecular complexity index is 454. The van der Waals surface area contributed by atoms with Crippen molar-refractivity contribution in [1.29, 1.82) is 10.5 Å². The molecule has 0 spiro atoms. The first-order valence-corrected chi connectivity index (χ1v) is 3.49. The van der Waals surface area contributed by atoms with Crippen molar-refractivity contribution in [2.75, 3.05) is 0 Å². The zero-order valence-corrected chi connectivity index (χ0v) is 6.65. The first-order valence-electron chi connectivity index (χ1n) is 3.49. The molecule has 0 unspecified atom stereocenters. The molecule has 1 aromatic rings. The minimum Gasteiger partial charge on any atom is -0.762 e. The van der Waals surface area contributed by atoms with Gasteiger partial charge in [0.2, 0.25) is 0 Å². The van der Waals surface area contributed by atoms with Gasteiger partial charge in [0.05, 0.1) is 17.2 Å². The van der Waals surface area contributed by atoms with E-state index < -0.39 is 0 Å². The number of benzene rings is 1. The van der Waals surface area contributed by atoms with Crippen LogP contribution in [0, 0.1) is 22.7 Å². The van der Waals surface area contributed by atoms with Crippen LogP contribution in [0.4, 0.5) is 0 Å². The fraction of sp³-hybridized carbons (Fsp3) is 0. The molecule has 60 valence electrons. The van der Waals surface area contributed by atoms with Gasteiger partial charge in [-0.3, -0.25) is 0 Å². The van der Waals surface area contributed by atoms with Gasteiger partial charge in [-0.15, -0.1) is 0 Å². The van der Waals surface area contributed by atoms with E-state index in [2.05, 4.69) is 0 Å². The zero-order valence-electron chi connectivity index (χ0n) is 6.65. The molecule has 0 heterocycles. The monoisotopic (exact) mass is 166 g/mol. The van der Waals surface area contributed by atoms with Gasteiger partial charge in [-0.1, -0.05) is 12.1 Å². The Morgan fingerprint density at radius 2 is 2.08 bits per heavy atom. The Kier molecular flexibility index (Phi) is 2.61. The quantitative estimate of drug-likeness (QED) is 0.470. The Balaban J connectivity index is 3.27. The fourth-order valence-electron chi connectivity index (χ4n) is 0.898. The molecule has 0 aliphatic rings. The summed E-state index contributed by atoms with van der Waals surface area (Å²) in [6, 6.07) is 10.1. The van der Waals surface area contributed by atoms with Crippen LogP contribution in [0.15, 0.2) is 24.3 Å². The summed E-state index contributed by atoms with van der Waals surface area (Å²) in [5, 5.41) is 25.7. The molecule has 13 heavy (non-hydrogen) atoms. The second kappa shape index (κ2) is 3.88. The summed E-state index contributed by atoms with van der Waals surface area (Å²) in [5.74, 6) is 1.77. The molecule has 0 aliphatic carbocycles. The molecule has 0 aliphatic heterocycles. The molecule has 1 aromatic carbocycles. The smallest absolute Gasteiger partial charge is 0.106 e. The van der Waals surface area contributed by atoms with Crippen LogP contribution in [0.25, 0.3) is 11.0 Å². The Hall–Kier alpha value is -2.35. The average Bonchev–Trinajstić information content (AvgIpc) is 2.20. The van der Waals surface area contributed by atoms with Crippen LogP contribution in [0.2, 0.25) is 0 Å². The lowest BCUT2D eigenvalue weighted by molar-refractivity contribution is 1.47. The van der Waals surface area contributed by atoms with E-state index in [9.17, 15) is 0 Å². The van der Waals surface area contributed by atoms with Gasteiger partial charge in [-0.2, -0.15) is 10.5 Å². The van der Waals surface area contributed by atoms with E-state index >= 15 is 0 Å². The predicted octanol–water partition coefficient (Wildman–Crippen LogP) is 1.70. The standard InChI is InChI=1S/C10H4N3/c11-5-8-2-1-3-9(4-8)10(6-12)7-13/h1-4H/q-1. The molecular formula is C10H4N3-. The van der Waals surface area contributed by atoms with Crippen LogP contribution in [-0.4, -0.2) is 5.87 Å². The van der Waals surface area contributed by atoms with Gasteiger partial charge in [0.15, 0.2) is 0 Å². The second-order valence-electron chi connectivity index (χ2n) is 2.29. The molecule has 0 bridgehead atoms. The lowest BCUT2D eigenvalue weighted by Gasteiger charge is -1.96. The topological polar surface area (TPSA) is 69.9 Å². The Labute approximate surface area is 75.7 Å². The molecule has 0 radical (unpaired) electrons. The van der Waals surface area contributed by atoms with Gasteiger partial charge in [-0.05, 0) is 17.7 Å². The minimum absolute atomic E-state index is 0.0251. The van der Waals surface area contributed by atoms with Crippen LogP contribution < -0.4 is 0 Å². The summed E-state index contributed by atoms with van der Waals surface area (Å²) in [4.78, 5) is 0. The SMILES string of the molecule is N#CC(=C=[N-])c1cccc(C#N)c1. The van der Waals surface area contributed by atoms with E-state index in [1.807, 2.05) is 6.07 Å². The summed E-state index contributed by atoms with van der Waals surface area (Å²) in [7, 11) is 0. The third kappa shape index (κ3) is 1.81. The first kappa shape index (κ1) is 8.74. The summed E-state index contributed by atoms with van der Waals surface area (Å²) in [6.07, 6.45) is 0. The zero-order chi connectivity index (χ0) is 9.68. The summed E-state index contributed by atoms with van der Waals surface area (Å²) < 4.78 is 0. The van der Waals surface area contributed by atoms with Crippen molar-refractivity contribution in [2.45, 2.75) is 0 Å². The summed E-state index contributed by atoms with van der Waals surface area (Å²) in [6.45, 7) is 0. The van der Waals surface area contributed by atoms with Gasteiger partial charge < -0.3 is 5.41 Å². The predicted molar refractivity (Wildman–Crippen MR) is 48.5 cm³/mol. The fourth-order valence-corrected chi connectivity index (χ4v) is 0.898. The van der Waals surface area contributed by atoms with E-state index in [4.69, 9.17) is 15.9 Å². The number of hydrogen-bond acceptors (Lipinski definition) is 2. The van der Waals surface area contributed by atoms with Gasteiger partial charge in [0.25, 0.3) is 0 Å². The molecular weight excluding hydrogens is 162 g/mol. The molecule has 0 amide bonds. The molecule has 0 saturated heterocycles. The molecule has 0 fully saturated rings. The largest absolute Gasteiger partial charge is 0.762 e. The lowest BCUT2D eigenvalue weighted by atomic mass is 10.1. The van der Waals surface area contributed by atoms with E-state index in [0.29, 0.717) is 11.1 Å². The molecule has 0 N–H and O–H groups in total. The van der Waals surface area contributed by atoms with Crippen molar-refractivity contribution in [3.05, 3.63) is 40.8 Å². The Morgan fingerprint density at radius 1 is 1.31 bits per heavy atom. The maximum atomic E-state index is 8.56. The molecule has 3 heteroatoms. The van der Waals surface area contributed by atoms with Crippen LogP contribution in [0.5, 0.6) is 0 Å². The van der Waals surface area contributed by atoms with Crippen molar-refractivity contribution in [3.63, 3.8) is 0 Å². The number of nitrogens with zero attached hydrogens (tertiary/aromatic N) is 3. The second-order valence-corrected chi connectivity index (χ2v) is 2.29. The molecule has 0 saturated carbocycles. The third-order valence-electron chi connectivity index (χ3n) is 1.50. The average molecular weight is 166 g/mol. The van der Waals surface area contributed by atoms with Crippen molar-refractivity contribution >= 4 is 11.4 Å². The number of hydrogen-bond donors (Lipinski definition) is 0. The van der Waals surface area contributed by atoms with Gasteiger partial charge in [0, 0.05) is 0 Å².